The number of carbonyl (C=O) groups excluding carboxylic acids is 1. The van der Waals surface area contributed by atoms with Gasteiger partial charge in [0.15, 0.2) is 10.2 Å². The van der Waals surface area contributed by atoms with Crippen molar-refractivity contribution in [3.63, 3.8) is 0 Å². The van der Waals surface area contributed by atoms with E-state index >= 15 is 0 Å². The van der Waals surface area contributed by atoms with Gasteiger partial charge in [0.25, 0.3) is 0 Å². The molecular formula is C32H44O4S3. The minimum absolute atomic E-state index is 0.00618. The highest BCUT2D eigenvalue weighted by atomic mass is 32.2. The molecule has 1 unspecified atom stereocenters. The molecule has 0 aromatic rings. The summed E-state index contributed by atoms with van der Waals surface area (Å²) < 4.78 is 17.2. The number of allylic oxidation sites excluding steroid dienone is 11. The molecule has 0 spiro atoms. The van der Waals surface area contributed by atoms with Crippen LogP contribution in [0.5, 0.6) is 0 Å². The van der Waals surface area contributed by atoms with Crippen LogP contribution in [-0.2, 0) is 9.53 Å². The van der Waals surface area contributed by atoms with Crippen molar-refractivity contribution >= 4 is 44.9 Å². The van der Waals surface area contributed by atoms with Gasteiger partial charge in [-0.1, -0.05) is 107 Å². The first-order valence-corrected chi connectivity index (χ1v) is 16.0. The Morgan fingerprint density at radius 3 is 1.69 bits per heavy atom. The smallest absolute Gasteiger partial charge is 0.200 e. The molecule has 214 valence electrons. The van der Waals surface area contributed by atoms with Gasteiger partial charge in [-0.2, -0.15) is 0 Å². The predicted octanol–water partition coefficient (Wildman–Crippen LogP) is 9.84. The summed E-state index contributed by atoms with van der Waals surface area (Å²) in [5, 5.41) is 12.5. The van der Waals surface area contributed by atoms with E-state index in [1.165, 1.54) is 0 Å². The highest BCUT2D eigenvalue weighted by Gasteiger charge is 2.34. The molecule has 1 aliphatic carbocycles. The van der Waals surface area contributed by atoms with E-state index < -0.39 is 10.8 Å². The van der Waals surface area contributed by atoms with E-state index in [1.807, 2.05) is 24.3 Å². The third-order valence-electron chi connectivity index (χ3n) is 5.70. The highest BCUT2D eigenvalue weighted by Crippen LogP contribution is 2.46. The lowest BCUT2D eigenvalue weighted by Crippen LogP contribution is -2.24. The van der Waals surface area contributed by atoms with Gasteiger partial charge in [0, 0.05) is 19.3 Å². The average Bonchev–Trinajstić information content (AvgIpc) is 2.72. The number of thioether (sulfide) groups is 2. The molecule has 2 aliphatic heterocycles. The molecule has 39 heavy (non-hydrogen) atoms. The van der Waals surface area contributed by atoms with E-state index in [4.69, 9.17) is 4.74 Å². The maximum absolute atomic E-state index is 13.2. The molecule has 4 nitrogen and oxygen atoms in total. The van der Waals surface area contributed by atoms with Gasteiger partial charge in [0.1, 0.15) is 5.76 Å². The number of Topliss-reactive ketones (excluding diaryl/α,β-unsaturated/α-hetero) is 1. The van der Waals surface area contributed by atoms with E-state index in [0.717, 1.165) is 31.1 Å². The van der Waals surface area contributed by atoms with Crippen LogP contribution in [-0.4, -0.2) is 29.8 Å². The molecule has 0 fully saturated rings. The van der Waals surface area contributed by atoms with Crippen molar-refractivity contribution in [3.8, 4) is 0 Å². The van der Waals surface area contributed by atoms with E-state index in [2.05, 4.69) is 83.1 Å². The van der Waals surface area contributed by atoms with Gasteiger partial charge < -0.3 is 14.4 Å². The van der Waals surface area contributed by atoms with Crippen LogP contribution >= 0.6 is 34.3 Å². The number of rotatable bonds is 4. The molecule has 0 saturated heterocycles. The zero-order valence-corrected chi connectivity index (χ0v) is 27.8. The molecule has 2 N–H and O–H groups in total. The third-order valence-corrected chi connectivity index (χ3v) is 10.0. The Morgan fingerprint density at radius 1 is 0.769 bits per heavy atom. The normalized spacial score (nSPS) is 22.2. The van der Waals surface area contributed by atoms with Gasteiger partial charge in [-0.3, -0.25) is 4.79 Å². The average molecular weight is 589 g/mol. The number of aliphatic hydroxyl groups is 1. The molecule has 0 saturated carbocycles. The summed E-state index contributed by atoms with van der Waals surface area (Å²) in [6.45, 7) is 25.2. The van der Waals surface area contributed by atoms with Crippen LogP contribution in [0.1, 0.15) is 83.1 Å². The van der Waals surface area contributed by atoms with Crippen LogP contribution in [0, 0.1) is 10.8 Å². The first-order valence-electron chi connectivity index (χ1n) is 13.2. The van der Waals surface area contributed by atoms with Crippen LogP contribution in [0.4, 0.5) is 0 Å². The Labute approximate surface area is 246 Å². The first kappa shape index (κ1) is 31.9. The van der Waals surface area contributed by atoms with Crippen molar-refractivity contribution in [2.75, 3.05) is 0 Å². The summed E-state index contributed by atoms with van der Waals surface area (Å²) in [4.78, 5) is 15.1. The molecule has 2 heterocycles. The fourth-order valence-corrected chi connectivity index (χ4v) is 7.78. The predicted molar refractivity (Wildman–Crippen MR) is 173 cm³/mol. The van der Waals surface area contributed by atoms with Crippen molar-refractivity contribution in [1.29, 1.82) is 0 Å². The van der Waals surface area contributed by atoms with Crippen molar-refractivity contribution < 1.29 is 19.2 Å². The summed E-state index contributed by atoms with van der Waals surface area (Å²) >= 11 is 3.25. The largest absolute Gasteiger partial charge is 0.506 e. The van der Waals surface area contributed by atoms with Gasteiger partial charge in [0.2, 0.25) is 5.78 Å². The standard InChI is InChI=1S/C32H44O4S3/c1-29(2,3)23-15-19(16-24(39(23)35)30(4,5)6)13-21-27(33)22(28(21)34)14-20-17-25(37-31(7,8)9)36-26(18-20)38-32(10,11)12/h13-18,33,35H,1-12H3. The zero-order valence-electron chi connectivity index (χ0n) is 25.4. The van der Waals surface area contributed by atoms with E-state index in [1.54, 1.807) is 35.7 Å². The summed E-state index contributed by atoms with van der Waals surface area (Å²) in [5.74, 6) is -0.200. The van der Waals surface area contributed by atoms with Crippen molar-refractivity contribution in [3.05, 3.63) is 79.6 Å². The second kappa shape index (κ2) is 11.0. The van der Waals surface area contributed by atoms with Crippen LogP contribution < -0.4 is 0 Å². The number of hydrogen-bond acceptors (Lipinski definition) is 6. The Balaban J connectivity index is 2.03. The molecule has 3 rings (SSSR count). The number of aliphatic hydroxyl groups excluding tert-OH is 1. The molecule has 7 heteroatoms. The number of ketones is 1. The number of carbonyl (C=O) groups is 1. The lowest BCUT2D eigenvalue weighted by atomic mass is 9.84. The van der Waals surface area contributed by atoms with E-state index in [-0.39, 0.29) is 31.9 Å². The Hall–Kier alpha value is -1.67. The summed E-state index contributed by atoms with van der Waals surface area (Å²) in [6.07, 6.45) is 11.2. The second-order valence-electron chi connectivity index (χ2n) is 14.1. The molecule has 0 bridgehead atoms. The fraction of sp³-hybridized carbons (Fsp3) is 0.500. The molecule has 1 atom stereocenters. The lowest BCUT2D eigenvalue weighted by Gasteiger charge is -2.32. The summed E-state index contributed by atoms with van der Waals surface area (Å²) in [5.41, 5.74) is 1.73. The van der Waals surface area contributed by atoms with Gasteiger partial charge in [-0.05, 0) is 69.2 Å². The second-order valence-corrected chi connectivity index (χ2v) is 19.2. The molecule has 0 aromatic heterocycles. The maximum Gasteiger partial charge on any atom is 0.200 e. The van der Waals surface area contributed by atoms with Crippen LogP contribution in [0.2, 0.25) is 0 Å². The van der Waals surface area contributed by atoms with Crippen LogP contribution in [0.3, 0.4) is 0 Å². The molecule has 3 aliphatic rings. The quantitative estimate of drug-likeness (QED) is 0.252. The van der Waals surface area contributed by atoms with Crippen molar-refractivity contribution in [2.45, 2.75) is 92.6 Å². The first-order chi connectivity index (χ1) is 17.5. The Morgan fingerprint density at radius 2 is 1.28 bits per heavy atom. The topological polar surface area (TPSA) is 66.8 Å². The van der Waals surface area contributed by atoms with Crippen molar-refractivity contribution in [2.24, 2.45) is 10.8 Å². The lowest BCUT2D eigenvalue weighted by molar-refractivity contribution is -0.113. The number of ether oxygens (including phenoxy) is 1. The van der Waals surface area contributed by atoms with Gasteiger partial charge in [-0.15, -0.1) is 0 Å². The van der Waals surface area contributed by atoms with Gasteiger partial charge in [-0.25, -0.2) is 0 Å². The zero-order chi connectivity index (χ0) is 29.7. The highest BCUT2D eigenvalue weighted by molar-refractivity contribution is 8.14. The van der Waals surface area contributed by atoms with Crippen molar-refractivity contribution in [1.82, 2.24) is 0 Å². The van der Waals surface area contributed by atoms with E-state index in [9.17, 15) is 14.5 Å². The number of hydrogen-bond donors (Lipinski definition) is 2. The summed E-state index contributed by atoms with van der Waals surface area (Å²) in [7, 11) is -1.00. The monoisotopic (exact) mass is 588 g/mol. The fourth-order valence-electron chi connectivity index (χ4n) is 3.97. The summed E-state index contributed by atoms with van der Waals surface area (Å²) in [6, 6.07) is 0. The van der Waals surface area contributed by atoms with Crippen LogP contribution in [0.15, 0.2) is 79.6 Å². The maximum atomic E-state index is 13.2. The Bertz CT molecular complexity index is 1280. The molecule has 0 radical (unpaired) electrons. The molecular weight excluding hydrogens is 545 g/mol. The molecule has 0 aromatic carbocycles. The van der Waals surface area contributed by atoms with Gasteiger partial charge in [0.05, 0.1) is 11.1 Å². The molecule has 0 amide bonds. The van der Waals surface area contributed by atoms with Crippen LogP contribution in [0.25, 0.3) is 0 Å². The Kier molecular flexibility index (Phi) is 8.95. The van der Waals surface area contributed by atoms with Gasteiger partial charge >= 0.3 is 0 Å². The minimum atomic E-state index is -1.00. The SMILES string of the molecule is CC(C)(C)SC1=CC(=CC2=C(O)C(=CC3=CC(C(C)(C)C)=S(O)C(C(C)(C)C)=C3)C2=O)C=C(SC(C)(C)C)O1. The third kappa shape index (κ3) is 8.18. The minimum Gasteiger partial charge on any atom is -0.506 e. The van der Waals surface area contributed by atoms with E-state index in [0.29, 0.717) is 11.1 Å².